The van der Waals surface area contributed by atoms with E-state index >= 15 is 0 Å². The molecule has 7 heteroatoms. The third-order valence-electron chi connectivity index (χ3n) is 4.69. The molecule has 1 aromatic carbocycles. The molecule has 0 spiro atoms. The van der Waals surface area contributed by atoms with E-state index in [1.54, 1.807) is 11.1 Å². The first-order chi connectivity index (χ1) is 14.9. The predicted molar refractivity (Wildman–Crippen MR) is 132 cm³/mol. The summed E-state index contributed by atoms with van der Waals surface area (Å²) in [7, 11) is -1.42. The zero-order chi connectivity index (χ0) is 23.5. The van der Waals surface area contributed by atoms with Gasteiger partial charge in [0.2, 0.25) is 0 Å². The van der Waals surface area contributed by atoms with Crippen LogP contribution in [0, 0.1) is 11.5 Å². The van der Waals surface area contributed by atoms with Crippen molar-refractivity contribution in [1.29, 1.82) is 0 Å². The summed E-state index contributed by atoms with van der Waals surface area (Å²) in [5, 5.41) is 0.417. The van der Waals surface area contributed by atoms with Gasteiger partial charge in [0.25, 0.3) is 0 Å². The summed E-state index contributed by atoms with van der Waals surface area (Å²) in [5.41, 5.74) is 5.60. The summed E-state index contributed by atoms with van der Waals surface area (Å²) in [6, 6.07) is 9.90. The summed E-state index contributed by atoms with van der Waals surface area (Å²) in [4.78, 5) is 18.3. The maximum Gasteiger partial charge on any atom is 0.410 e. The predicted octanol–water partition coefficient (Wildman–Crippen LogP) is 6.02. The lowest BCUT2D eigenvalue weighted by atomic mass is 10.1. The van der Waals surface area contributed by atoms with E-state index in [0.717, 1.165) is 23.1 Å². The summed E-state index contributed by atoms with van der Waals surface area (Å²) in [6.07, 6.45) is 1.94. The van der Waals surface area contributed by atoms with E-state index in [9.17, 15) is 4.79 Å². The molecule has 32 heavy (non-hydrogen) atoms. The van der Waals surface area contributed by atoms with Gasteiger partial charge in [0, 0.05) is 24.1 Å². The Morgan fingerprint density at radius 1 is 1.22 bits per heavy atom. The van der Waals surface area contributed by atoms with E-state index in [0.29, 0.717) is 24.0 Å². The standard InChI is InChI=1S/C25H31ClN2O3Si/c1-25(2,3)31-24(29)28-13-11-20(17-28)30-21-15-22(23(26)27-16-21)19-9-7-18(8-10-19)12-14-32(4,5)6/h7-10,15-16,20H,11,13,17H2,1-6H3/t20-/m1/s1. The number of benzene rings is 1. The highest BCUT2D eigenvalue weighted by Gasteiger charge is 2.31. The van der Waals surface area contributed by atoms with Gasteiger partial charge in [0.05, 0.1) is 12.7 Å². The lowest BCUT2D eigenvalue weighted by Gasteiger charge is -2.24. The number of pyridine rings is 1. The highest BCUT2D eigenvalue weighted by atomic mass is 35.5. The first-order valence-electron chi connectivity index (χ1n) is 10.8. The first-order valence-corrected chi connectivity index (χ1v) is 14.7. The third kappa shape index (κ3) is 7.01. The van der Waals surface area contributed by atoms with Crippen LogP contribution >= 0.6 is 11.6 Å². The van der Waals surface area contributed by atoms with Gasteiger partial charge in [-0.3, -0.25) is 0 Å². The van der Waals surface area contributed by atoms with Crippen LogP contribution in [-0.4, -0.2) is 48.8 Å². The number of halogens is 1. The van der Waals surface area contributed by atoms with Crippen molar-refractivity contribution in [2.24, 2.45) is 0 Å². The smallest absolute Gasteiger partial charge is 0.410 e. The molecule has 1 aromatic heterocycles. The molecule has 0 aliphatic carbocycles. The fourth-order valence-corrected chi connectivity index (χ4v) is 3.93. The molecule has 3 rings (SSSR count). The van der Waals surface area contributed by atoms with Crippen molar-refractivity contribution in [1.82, 2.24) is 9.88 Å². The van der Waals surface area contributed by atoms with Crippen molar-refractivity contribution in [3.63, 3.8) is 0 Å². The van der Waals surface area contributed by atoms with Gasteiger partial charge in [0.1, 0.15) is 30.7 Å². The van der Waals surface area contributed by atoms with Crippen LogP contribution in [0.2, 0.25) is 24.8 Å². The summed E-state index contributed by atoms with van der Waals surface area (Å²) in [5.74, 6) is 3.89. The number of carbonyl (C=O) groups excluding carboxylic acids is 1. The molecule has 2 aromatic rings. The molecule has 0 unspecified atom stereocenters. The Hall–Kier alpha value is -2.49. The van der Waals surface area contributed by atoms with Gasteiger partial charge in [-0.15, -0.1) is 5.54 Å². The van der Waals surface area contributed by atoms with Crippen LogP contribution in [0.3, 0.4) is 0 Å². The van der Waals surface area contributed by atoms with Crippen molar-refractivity contribution in [3.05, 3.63) is 47.2 Å². The average molecular weight is 471 g/mol. The lowest BCUT2D eigenvalue weighted by Crippen LogP contribution is -2.36. The molecule has 0 bridgehead atoms. The molecule has 1 fully saturated rings. The van der Waals surface area contributed by atoms with Crippen molar-refractivity contribution in [2.75, 3.05) is 13.1 Å². The zero-order valence-corrected chi connectivity index (χ0v) is 21.4. The first kappa shape index (κ1) is 24.2. The third-order valence-corrected chi connectivity index (χ3v) is 5.87. The summed E-state index contributed by atoms with van der Waals surface area (Å²) < 4.78 is 11.6. The van der Waals surface area contributed by atoms with Gasteiger partial charge in [-0.25, -0.2) is 9.78 Å². The molecule has 1 atom stereocenters. The van der Waals surface area contributed by atoms with E-state index in [1.165, 1.54) is 0 Å². The number of ether oxygens (including phenoxy) is 2. The molecule has 5 nitrogen and oxygen atoms in total. The van der Waals surface area contributed by atoms with Gasteiger partial charge in [0.15, 0.2) is 0 Å². The van der Waals surface area contributed by atoms with Gasteiger partial charge >= 0.3 is 6.09 Å². The molecule has 170 valence electrons. The second-order valence-electron chi connectivity index (χ2n) is 10.0. The van der Waals surface area contributed by atoms with E-state index in [2.05, 4.69) is 36.1 Å². The van der Waals surface area contributed by atoms with Crippen LogP contribution in [0.15, 0.2) is 36.5 Å². The van der Waals surface area contributed by atoms with Gasteiger partial charge < -0.3 is 14.4 Å². The molecule has 1 aliphatic heterocycles. The van der Waals surface area contributed by atoms with E-state index < -0.39 is 13.7 Å². The highest BCUT2D eigenvalue weighted by molar-refractivity contribution is 6.83. The number of rotatable bonds is 3. The molecule has 1 aliphatic rings. The van der Waals surface area contributed by atoms with Gasteiger partial charge in [-0.2, -0.15) is 0 Å². The van der Waals surface area contributed by atoms with E-state index in [1.807, 2.05) is 51.1 Å². The second-order valence-corrected chi connectivity index (χ2v) is 15.1. The number of nitrogens with zero attached hydrogens (tertiary/aromatic N) is 2. The molecular formula is C25H31ClN2O3Si. The number of carbonyl (C=O) groups is 1. The number of likely N-dealkylation sites (tertiary alicyclic amines) is 1. The highest BCUT2D eigenvalue weighted by Crippen LogP contribution is 2.31. The van der Waals surface area contributed by atoms with Crippen LogP contribution in [0.1, 0.15) is 32.8 Å². The van der Waals surface area contributed by atoms with Gasteiger partial charge in [-0.1, -0.05) is 49.3 Å². The normalized spacial score (nSPS) is 16.3. The Labute approximate surface area is 197 Å². The maximum atomic E-state index is 12.3. The van der Waals surface area contributed by atoms with Crippen LogP contribution in [-0.2, 0) is 4.74 Å². The Kier molecular flexibility index (Phi) is 7.21. The Morgan fingerprint density at radius 2 is 1.91 bits per heavy atom. The zero-order valence-electron chi connectivity index (χ0n) is 19.7. The maximum absolute atomic E-state index is 12.3. The molecule has 0 N–H and O–H groups in total. The average Bonchev–Trinajstić information content (AvgIpc) is 3.15. The molecule has 1 saturated heterocycles. The van der Waals surface area contributed by atoms with Gasteiger partial charge in [-0.05, 0) is 44.5 Å². The van der Waals surface area contributed by atoms with Crippen LogP contribution < -0.4 is 4.74 Å². The van der Waals surface area contributed by atoms with Crippen LogP contribution in [0.5, 0.6) is 5.75 Å². The summed E-state index contributed by atoms with van der Waals surface area (Å²) >= 11 is 6.38. The van der Waals surface area contributed by atoms with Crippen molar-refractivity contribution < 1.29 is 14.3 Å². The minimum atomic E-state index is -1.42. The summed E-state index contributed by atoms with van der Waals surface area (Å²) in [6.45, 7) is 13.3. The van der Waals surface area contributed by atoms with Crippen LogP contribution in [0.4, 0.5) is 4.79 Å². The number of hydrogen-bond donors (Lipinski definition) is 0. The minimum absolute atomic E-state index is 0.113. The number of aromatic nitrogens is 1. The largest absolute Gasteiger partial charge is 0.487 e. The number of amides is 1. The molecule has 1 amide bonds. The topological polar surface area (TPSA) is 51.7 Å². The van der Waals surface area contributed by atoms with E-state index in [4.69, 9.17) is 21.1 Å². The Balaban J connectivity index is 1.69. The van der Waals surface area contributed by atoms with Crippen molar-refractivity contribution >= 4 is 25.8 Å². The molecule has 0 radical (unpaired) electrons. The molecule has 2 heterocycles. The quantitative estimate of drug-likeness (QED) is 0.312. The Morgan fingerprint density at radius 3 is 2.53 bits per heavy atom. The second kappa shape index (κ2) is 9.56. The monoisotopic (exact) mass is 470 g/mol. The fraction of sp³-hybridized carbons (Fsp3) is 0.440. The lowest BCUT2D eigenvalue weighted by molar-refractivity contribution is 0.0275. The number of hydrogen-bond acceptors (Lipinski definition) is 4. The van der Waals surface area contributed by atoms with E-state index in [-0.39, 0.29) is 12.2 Å². The van der Waals surface area contributed by atoms with Crippen LogP contribution in [0.25, 0.3) is 11.1 Å². The molecular weight excluding hydrogens is 440 g/mol. The van der Waals surface area contributed by atoms with Crippen molar-refractivity contribution in [2.45, 2.75) is 58.5 Å². The molecule has 0 saturated carbocycles. The SMILES string of the molecule is CC(C)(C)OC(=O)N1CC[C@@H](Oc2cnc(Cl)c(-c3ccc(C#C[Si](C)(C)C)cc3)c2)C1. The van der Waals surface area contributed by atoms with Crippen molar-refractivity contribution in [3.8, 4) is 28.3 Å². The Bertz CT molecular complexity index is 1030. The minimum Gasteiger partial charge on any atom is -0.487 e. The fourth-order valence-electron chi connectivity index (χ4n) is 3.20.